The van der Waals surface area contributed by atoms with Crippen molar-refractivity contribution < 1.29 is 27.4 Å². The van der Waals surface area contributed by atoms with Crippen LogP contribution in [0.4, 0.5) is 23.1 Å². The van der Waals surface area contributed by atoms with E-state index >= 15 is 0 Å². The molecule has 2 aromatic rings. The lowest BCUT2D eigenvalue weighted by Gasteiger charge is -2.29. The summed E-state index contributed by atoms with van der Waals surface area (Å²) in [4.78, 5) is 20.6. The van der Waals surface area contributed by atoms with Crippen LogP contribution in [0.5, 0.6) is 5.75 Å². The molecule has 1 aliphatic rings. The smallest absolute Gasteiger partial charge is 0.406 e. The predicted octanol–water partition coefficient (Wildman–Crippen LogP) is 3.48. The minimum Gasteiger partial charge on any atom is -0.406 e. The number of amides is 2. The van der Waals surface area contributed by atoms with Gasteiger partial charge in [0.2, 0.25) is 0 Å². The number of urea groups is 1. The van der Waals surface area contributed by atoms with Gasteiger partial charge in [0, 0.05) is 38.8 Å². The third-order valence-corrected chi connectivity index (χ3v) is 5.17. The van der Waals surface area contributed by atoms with Gasteiger partial charge in [-0.1, -0.05) is 11.3 Å². The molecule has 0 aliphatic carbocycles. The first-order valence-corrected chi connectivity index (χ1v) is 9.69. The van der Waals surface area contributed by atoms with E-state index in [1.807, 2.05) is 6.92 Å². The second-order valence-corrected chi connectivity index (χ2v) is 7.12. The summed E-state index contributed by atoms with van der Waals surface area (Å²) in [5.41, 5.74) is 0.509. The van der Waals surface area contributed by atoms with Gasteiger partial charge in [-0.25, -0.2) is 9.78 Å². The van der Waals surface area contributed by atoms with Crippen LogP contribution < -0.4 is 15.0 Å². The van der Waals surface area contributed by atoms with Gasteiger partial charge in [0.15, 0.2) is 5.13 Å². The van der Waals surface area contributed by atoms with Gasteiger partial charge < -0.3 is 14.8 Å². The van der Waals surface area contributed by atoms with Crippen LogP contribution in [0, 0.1) is 0 Å². The molecular weight excluding hydrogens is 433 g/mol. The van der Waals surface area contributed by atoms with Crippen LogP contribution in [0.1, 0.15) is 6.92 Å². The van der Waals surface area contributed by atoms with Gasteiger partial charge in [0.1, 0.15) is 5.75 Å². The van der Waals surface area contributed by atoms with Gasteiger partial charge >= 0.3 is 12.4 Å². The fourth-order valence-electron chi connectivity index (χ4n) is 2.80. The highest BCUT2D eigenvalue weighted by molar-refractivity contribution is 7.22. The second kappa shape index (κ2) is 10.3. The molecule has 29 heavy (non-hydrogen) atoms. The molecule has 0 atom stereocenters. The molecule has 1 aromatic carbocycles. The van der Waals surface area contributed by atoms with Gasteiger partial charge in [-0.15, -0.1) is 25.6 Å². The first kappa shape index (κ1) is 23.5. The number of alkyl halides is 3. The first-order valence-electron chi connectivity index (χ1n) is 8.87. The number of carbonyl (C=O) groups is 1. The Balaban J connectivity index is 0.00000300. The molecule has 1 saturated heterocycles. The Bertz CT molecular complexity index is 815. The normalized spacial score (nSPS) is 15.0. The lowest BCUT2D eigenvalue weighted by molar-refractivity contribution is -0.274. The van der Waals surface area contributed by atoms with Gasteiger partial charge in [-0.3, -0.25) is 9.80 Å². The highest BCUT2D eigenvalue weighted by Crippen LogP contribution is 2.33. The Morgan fingerprint density at radius 2 is 2.10 bits per heavy atom. The maximum absolute atomic E-state index is 12.5. The molecule has 0 saturated carbocycles. The van der Waals surface area contributed by atoms with E-state index in [0.717, 1.165) is 24.4 Å². The molecule has 0 spiro atoms. The fraction of sp³-hybridized carbons (Fsp3) is 0.529. The topological polar surface area (TPSA) is 66.9 Å². The molecule has 1 fully saturated rings. The molecule has 0 bridgehead atoms. The number of anilines is 1. The number of hydrogen-bond donors (Lipinski definition) is 1. The quantitative estimate of drug-likeness (QED) is 0.723. The van der Waals surface area contributed by atoms with E-state index in [1.165, 1.54) is 23.1 Å². The third-order valence-electron chi connectivity index (χ3n) is 4.13. The number of halogens is 4. The van der Waals surface area contributed by atoms with Crippen LogP contribution in [0.2, 0.25) is 0 Å². The van der Waals surface area contributed by atoms with Crippen LogP contribution in [0.25, 0.3) is 10.2 Å². The van der Waals surface area contributed by atoms with Crippen molar-refractivity contribution >= 4 is 45.1 Å². The fourth-order valence-corrected chi connectivity index (χ4v) is 3.82. The van der Waals surface area contributed by atoms with Crippen LogP contribution in [0.3, 0.4) is 0 Å². The Morgan fingerprint density at radius 1 is 1.38 bits per heavy atom. The number of benzene rings is 1. The average molecular weight is 455 g/mol. The van der Waals surface area contributed by atoms with Crippen molar-refractivity contribution in [1.82, 2.24) is 15.2 Å². The van der Waals surface area contributed by atoms with E-state index in [-0.39, 0.29) is 24.2 Å². The summed E-state index contributed by atoms with van der Waals surface area (Å²) in [6, 6.07) is 3.65. The van der Waals surface area contributed by atoms with Crippen LogP contribution in [-0.4, -0.2) is 68.2 Å². The molecule has 1 aromatic heterocycles. The van der Waals surface area contributed by atoms with Crippen molar-refractivity contribution in [3.63, 3.8) is 0 Å². The average Bonchev–Trinajstić information content (AvgIpc) is 3.04. The molecule has 0 radical (unpaired) electrons. The number of ether oxygens (including phenoxy) is 2. The first-order chi connectivity index (χ1) is 13.4. The van der Waals surface area contributed by atoms with Crippen molar-refractivity contribution in [3.8, 4) is 5.75 Å². The summed E-state index contributed by atoms with van der Waals surface area (Å²) >= 11 is 1.15. The Hall–Kier alpha value is -1.82. The molecule has 1 N–H and O–H groups in total. The van der Waals surface area contributed by atoms with E-state index in [2.05, 4.69) is 19.9 Å². The number of carbonyl (C=O) groups excluding carboxylic acids is 1. The third kappa shape index (κ3) is 6.59. The number of nitrogens with one attached hydrogen (secondary N) is 1. The summed E-state index contributed by atoms with van der Waals surface area (Å²) in [5.74, 6) is -0.312. The summed E-state index contributed by atoms with van der Waals surface area (Å²) in [5, 5.41) is 3.18. The summed E-state index contributed by atoms with van der Waals surface area (Å²) in [6.45, 7) is 6.24. The maximum atomic E-state index is 12.5. The van der Waals surface area contributed by atoms with Gasteiger partial charge in [-0.05, 0) is 19.1 Å². The SMILES string of the molecule is CCNC(=O)N(CCN1CCOCC1)c1nc2ccc(OC(F)(F)F)cc2s1.Cl. The molecular formula is C17H22ClF3N4O3S. The molecule has 12 heteroatoms. The highest BCUT2D eigenvalue weighted by Gasteiger charge is 2.31. The Labute approximate surface area is 176 Å². The molecule has 7 nitrogen and oxygen atoms in total. The summed E-state index contributed by atoms with van der Waals surface area (Å²) < 4.78 is 47.1. The zero-order valence-corrected chi connectivity index (χ0v) is 17.3. The number of rotatable bonds is 6. The zero-order chi connectivity index (χ0) is 20.1. The highest BCUT2D eigenvalue weighted by atomic mass is 35.5. The number of aromatic nitrogens is 1. The van der Waals surface area contributed by atoms with E-state index < -0.39 is 6.36 Å². The van der Waals surface area contributed by atoms with Crippen molar-refractivity contribution in [2.45, 2.75) is 13.3 Å². The van der Waals surface area contributed by atoms with Crippen LogP contribution in [-0.2, 0) is 4.74 Å². The lowest BCUT2D eigenvalue weighted by atomic mass is 10.3. The molecule has 3 rings (SSSR count). The number of fused-ring (bicyclic) bond motifs is 1. The van der Waals surface area contributed by atoms with Gasteiger partial charge in [0.25, 0.3) is 0 Å². The summed E-state index contributed by atoms with van der Waals surface area (Å²) in [7, 11) is 0. The van der Waals surface area contributed by atoms with Crippen LogP contribution >= 0.6 is 23.7 Å². The van der Waals surface area contributed by atoms with E-state index in [4.69, 9.17) is 4.74 Å². The van der Waals surface area contributed by atoms with Crippen molar-refractivity contribution in [3.05, 3.63) is 18.2 Å². The van der Waals surface area contributed by atoms with Crippen molar-refractivity contribution in [1.29, 1.82) is 0 Å². The second-order valence-electron chi connectivity index (χ2n) is 6.11. The van der Waals surface area contributed by atoms with Crippen molar-refractivity contribution in [2.75, 3.05) is 50.8 Å². The molecule has 2 amide bonds. The lowest BCUT2D eigenvalue weighted by Crippen LogP contribution is -2.46. The molecule has 1 aliphatic heterocycles. The number of morpholine rings is 1. The zero-order valence-electron chi connectivity index (χ0n) is 15.7. The number of hydrogen-bond acceptors (Lipinski definition) is 6. The standard InChI is InChI=1S/C17H21F3N4O3S.ClH/c1-2-21-15(25)24(6-5-23-7-9-26-10-8-23)16-22-13-4-3-12(11-14(13)28-16)27-17(18,19)20;/h3-4,11H,2,5-10H2,1H3,(H,21,25);1H. The predicted molar refractivity (Wildman–Crippen MR) is 107 cm³/mol. The maximum Gasteiger partial charge on any atom is 0.573 e. The van der Waals surface area contributed by atoms with Gasteiger partial charge in [0.05, 0.1) is 23.4 Å². The van der Waals surface area contributed by atoms with E-state index in [0.29, 0.717) is 48.2 Å². The minimum absolute atomic E-state index is 0. The number of nitrogens with zero attached hydrogens (tertiary/aromatic N) is 3. The molecule has 162 valence electrons. The number of thiazole rings is 1. The summed E-state index contributed by atoms with van der Waals surface area (Å²) in [6.07, 6.45) is -4.76. The minimum atomic E-state index is -4.76. The Morgan fingerprint density at radius 3 is 2.76 bits per heavy atom. The van der Waals surface area contributed by atoms with Crippen LogP contribution in [0.15, 0.2) is 18.2 Å². The van der Waals surface area contributed by atoms with Crippen molar-refractivity contribution in [2.24, 2.45) is 0 Å². The Kier molecular flexibility index (Phi) is 8.32. The monoisotopic (exact) mass is 454 g/mol. The molecule has 0 unspecified atom stereocenters. The largest absolute Gasteiger partial charge is 0.573 e. The molecule has 2 heterocycles. The van der Waals surface area contributed by atoms with Gasteiger partial charge in [-0.2, -0.15) is 0 Å². The van der Waals surface area contributed by atoms with E-state index in [1.54, 1.807) is 0 Å². The van der Waals surface area contributed by atoms with E-state index in [9.17, 15) is 18.0 Å².